The average molecular weight is 303 g/mol. The van der Waals surface area contributed by atoms with Crippen LogP contribution in [-0.2, 0) is 4.84 Å². The Morgan fingerprint density at radius 1 is 1.23 bits per heavy atom. The number of carbonyl (C=O) groups is 1. The molecular formula is C15H17N3O4. The van der Waals surface area contributed by atoms with Gasteiger partial charge in [-0.05, 0) is 18.4 Å². The largest absolute Gasteiger partial charge is 0.525 e. The van der Waals surface area contributed by atoms with Crippen LogP contribution in [0, 0.1) is 0 Å². The highest BCUT2D eigenvalue weighted by atomic mass is 16.8. The normalized spacial score (nSPS) is 16.5. The number of nitrogens with zero attached hydrogens (tertiary/aromatic N) is 2. The van der Waals surface area contributed by atoms with Gasteiger partial charge >= 0.3 is 11.8 Å². The summed E-state index contributed by atoms with van der Waals surface area (Å²) in [6.45, 7) is 0.963. The van der Waals surface area contributed by atoms with Crippen LogP contribution in [-0.4, -0.2) is 39.0 Å². The minimum atomic E-state index is -1.30. The molecule has 1 fully saturated rings. The molecule has 1 saturated heterocycles. The number of hydroxylamine groups is 2. The predicted molar refractivity (Wildman–Crippen MR) is 79.4 cm³/mol. The van der Waals surface area contributed by atoms with E-state index >= 15 is 0 Å². The van der Waals surface area contributed by atoms with Gasteiger partial charge in [-0.25, -0.2) is 9.59 Å². The quantitative estimate of drug-likeness (QED) is 0.906. The van der Waals surface area contributed by atoms with Gasteiger partial charge in [0.1, 0.15) is 0 Å². The lowest BCUT2D eigenvalue weighted by Crippen LogP contribution is -2.37. The van der Waals surface area contributed by atoms with Gasteiger partial charge in [-0.15, -0.1) is 5.06 Å². The van der Waals surface area contributed by atoms with E-state index in [1.54, 1.807) is 4.57 Å². The summed E-state index contributed by atoms with van der Waals surface area (Å²) in [6, 6.07) is 9.71. The van der Waals surface area contributed by atoms with Crippen molar-refractivity contribution in [1.29, 1.82) is 0 Å². The molecule has 2 N–H and O–H groups in total. The monoisotopic (exact) mass is 303 g/mol. The van der Waals surface area contributed by atoms with Crippen LogP contribution < -0.4 is 5.69 Å². The first kappa shape index (κ1) is 14.4. The summed E-state index contributed by atoms with van der Waals surface area (Å²) >= 11 is 0. The Morgan fingerprint density at radius 2 is 1.91 bits per heavy atom. The summed E-state index contributed by atoms with van der Waals surface area (Å²) in [5, 5.41) is 10.0. The molecule has 0 atom stereocenters. The summed E-state index contributed by atoms with van der Waals surface area (Å²) in [7, 11) is 0. The summed E-state index contributed by atoms with van der Waals surface area (Å²) in [5.74, 6) is 0. The Labute approximate surface area is 126 Å². The molecule has 1 aromatic heterocycles. The number of imidazole rings is 1. The number of aromatic amines is 1. The number of nitrogens with one attached hydrogen (secondary N) is 1. The predicted octanol–water partition coefficient (Wildman–Crippen LogP) is 2.09. The van der Waals surface area contributed by atoms with Crippen molar-refractivity contribution in [2.75, 3.05) is 13.1 Å². The Kier molecular flexibility index (Phi) is 3.97. The fourth-order valence-corrected chi connectivity index (χ4v) is 2.77. The molecule has 1 aromatic carbocycles. The van der Waals surface area contributed by atoms with Crippen molar-refractivity contribution in [3.8, 4) is 11.3 Å². The molecule has 0 radical (unpaired) electrons. The van der Waals surface area contributed by atoms with Crippen LogP contribution in [0.15, 0.2) is 41.3 Å². The van der Waals surface area contributed by atoms with Crippen molar-refractivity contribution in [2.45, 2.75) is 18.9 Å². The second-order valence-electron chi connectivity index (χ2n) is 5.26. The number of piperidine rings is 1. The topological polar surface area (TPSA) is 87.6 Å². The lowest BCUT2D eigenvalue weighted by molar-refractivity contribution is -0.134. The number of rotatable bonds is 3. The molecule has 116 valence electrons. The van der Waals surface area contributed by atoms with Gasteiger partial charge in [0.15, 0.2) is 0 Å². The lowest BCUT2D eigenvalue weighted by Gasteiger charge is -2.29. The standard InChI is InChI=1S/C15H17N3O4/c19-14-16-13(11-4-2-1-3-5-11)10-18(14)12-6-8-17(9-7-12)22-15(20)21/h1-5,10,12H,6-9H2,(H,16,19)(H,20,21). The Balaban J connectivity index is 1.73. The van der Waals surface area contributed by atoms with Crippen molar-refractivity contribution >= 4 is 6.16 Å². The number of carboxylic acid groups (broad SMARTS) is 1. The molecule has 1 aliphatic rings. The van der Waals surface area contributed by atoms with Gasteiger partial charge in [0.05, 0.1) is 5.69 Å². The van der Waals surface area contributed by atoms with Gasteiger partial charge in [-0.1, -0.05) is 30.3 Å². The number of benzene rings is 1. The average Bonchev–Trinajstić information content (AvgIpc) is 2.90. The van der Waals surface area contributed by atoms with Gasteiger partial charge in [0.25, 0.3) is 0 Å². The van der Waals surface area contributed by atoms with Crippen LogP contribution in [0.1, 0.15) is 18.9 Å². The van der Waals surface area contributed by atoms with Crippen LogP contribution in [0.5, 0.6) is 0 Å². The van der Waals surface area contributed by atoms with Crippen molar-refractivity contribution in [2.24, 2.45) is 0 Å². The molecule has 7 heteroatoms. The molecular weight excluding hydrogens is 286 g/mol. The maximum absolute atomic E-state index is 12.1. The third kappa shape index (κ3) is 3.04. The van der Waals surface area contributed by atoms with E-state index in [-0.39, 0.29) is 11.7 Å². The van der Waals surface area contributed by atoms with E-state index in [0.29, 0.717) is 25.9 Å². The number of hydrogen-bond acceptors (Lipinski definition) is 4. The second kappa shape index (κ2) is 6.07. The zero-order valence-corrected chi connectivity index (χ0v) is 11.9. The summed E-state index contributed by atoms with van der Waals surface area (Å²) in [5.41, 5.74) is 1.61. The van der Waals surface area contributed by atoms with E-state index in [4.69, 9.17) is 5.11 Å². The van der Waals surface area contributed by atoms with E-state index in [1.807, 2.05) is 36.5 Å². The van der Waals surface area contributed by atoms with Crippen LogP contribution >= 0.6 is 0 Å². The van der Waals surface area contributed by atoms with Gasteiger partial charge in [0, 0.05) is 25.3 Å². The maximum atomic E-state index is 12.1. The molecule has 22 heavy (non-hydrogen) atoms. The Bertz CT molecular complexity index is 699. The molecule has 0 unspecified atom stereocenters. The van der Waals surface area contributed by atoms with E-state index in [1.165, 1.54) is 5.06 Å². The smallest absolute Gasteiger partial charge is 0.448 e. The summed E-state index contributed by atoms with van der Waals surface area (Å²) in [6.07, 6.45) is 1.86. The maximum Gasteiger partial charge on any atom is 0.525 e. The molecule has 2 heterocycles. The zero-order chi connectivity index (χ0) is 15.5. The molecule has 0 bridgehead atoms. The van der Waals surface area contributed by atoms with Crippen molar-refractivity contribution < 1.29 is 14.7 Å². The van der Waals surface area contributed by atoms with Crippen LogP contribution in [0.3, 0.4) is 0 Å². The third-order valence-electron chi connectivity index (χ3n) is 3.85. The summed E-state index contributed by atoms with van der Waals surface area (Å²) in [4.78, 5) is 30.2. The number of H-pyrrole nitrogens is 1. The van der Waals surface area contributed by atoms with Gasteiger partial charge < -0.3 is 14.9 Å². The first-order valence-electron chi connectivity index (χ1n) is 7.16. The minimum Gasteiger partial charge on any atom is -0.448 e. The molecule has 1 aliphatic heterocycles. The molecule has 3 rings (SSSR count). The molecule has 0 spiro atoms. The molecule has 2 aromatic rings. The first-order valence-corrected chi connectivity index (χ1v) is 7.16. The van der Waals surface area contributed by atoms with Crippen LogP contribution in [0.4, 0.5) is 4.79 Å². The minimum absolute atomic E-state index is 0.0508. The molecule has 0 amide bonds. The highest BCUT2D eigenvalue weighted by Crippen LogP contribution is 2.23. The van der Waals surface area contributed by atoms with Gasteiger partial charge in [-0.3, -0.25) is 4.57 Å². The van der Waals surface area contributed by atoms with Crippen molar-refractivity contribution in [1.82, 2.24) is 14.6 Å². The number of hydrogen-bond donors (Lipinski definition) is 2. The van der Waals surface area contributed by atoms with Crippen LogP contribution in [0.25, 0.3) is 11.3 Å². The van der Waals surface area contributed by atoms with Crippen LogP contribution in [0.2, 0.25) is 0 Å². The fourth-order valence-electron chi connectivity index (χ4n) is 2.77. The highest BCUT2D eigenvalue weighted by Gasteiger charge is 2.24. The fraction of sp³-hybridized carbons (Fsp3) is 0.333. The number of aromatic nitrogens is 2. The third-order valence-corrected chi connectivity index (χ3v) is 3.85. The Morgan fingerprint density at radius 3 is 2.55 bits per heavy atom. The van der Waals surface area contributed by atoms with Crippen molar-refractivity contribution in [3.05, 3.63) is 47.0 Å². The second-order valence-corrected chi connectivity index (χ2v) is 5.26. The molecule has 7 nitrogen and oxygen atoms in total. The molecule has 0 aliphatic carbocycles. The zero-order valence-electron chi connectivity index (χ0n) is 11.9. The highest BCUT2D eigenvalue weighted by molar-refractivity contribution is 5.57. The van der Waals surface area contributed by atoms with E-state index in [9.17, 15) is 9.59 Å². The SMILES string of the molecule is O=C(O)ON1CCC(n2cc(-c3ccccc3)[nH]c2=O)CC1. The first-order chi connectivity index (χ1) is 10.6. The van der Waals surface area contributed by atoms with Gasteiger partial charge in [-0.2, -0.15) is 0 Å². The molecule has 0 saturated carbocycles. The Hall–Kier alpha value is -2.54. The van der Waals surface area contributed by atoms with Gasteiger partial charge in [0.2, 0.25) is 0 Å². The van der Waals surface area contributed by atoms with Crippen molar-refractivity contribution in [3.63, 3.8) is 0 Å². The van der Waals surface area contributed by atoms with E-state index < -0.39 is 6.16 Å². The van der Waals surface area contributed by atoms with E-state index in [0.717, 1.165) is 11.3 Å². The summed E-state index contributed by atoms with van der Waals surface area (Å²) < 4.78 is 1.69. The van der Waals surface area contributed by atoms with E-state index in [2.05, 4.69) is 9.82 Å². The lowest BCUT2D eigenvalue weighted by atomic mass is 10.1.